The molecule has 20 heavy (non-hydrogen) atoms. The largest absolute Gasteiger partial charge is 0.292 e. The molecule has 110 valence electrons. The molecule has 1 heterocycles. The van der Waals surface area contributed by atoms with E-state index in [0.717, 1.165) is 18.5 Å². The van der Waals surface area contributed by atoms with E-state index < -0.39 is 0 Å². The van der Waals surface area contributed by atoms with Crippen LogP contribution in [0.15, 0.2) is 30.3 Å². The van der Waals surface area contributed by atoms with Crippen molar-refractivity contribution < 1.29 is 4.79 Å². The van der Waals surface area contributed by atoms with E-state index in [4.69, 9.17) is 0 Å². The summed E-state index contributed by atoms with van der Waals surface area (Å²) in [5.74, 6) is 0.302. The van der Waals surface area contributed by atoms with Gasteiger partial charge in [0.05, 0.1) is 6.04 Å². The number of piperidine rings is 1. The number of Topliss-reactive ketones (excluding diaryl/α,β-unsaturated/α-hetero) is 1. The summed E-state index contributed by atoms with van der Waals surface area (Å²) in [6.45, 7) is 5.47. The van der Waals surface area contributed by atoms with Crippen LogP contribution in [0.3, 0.4) is 0 Å². The number of ketones is 1. The molecule has 1 aromatic rings. The summed E-state index contributed by atoms with van der Waals surface area (Å²) in [6, 6.07) is 10.5. The van der Waals surface area contributed by atoms with Crippen molar-refractivity contribution >= 4 is 5.78 Å². The normalized spacial score (nSPS) is 21.6. The third-order valence-corrected chi connectivity index (χ3v) is 4.44. The molecule has 2 rings (SSSR count). The van der Waals surface area contributed by atoms with Crippen molar-refractivity contribution in [2.75, 3.05) is 6.54 Å². The van der Waals surface area contributed by atoms with Gasteiger partial charge >= 0.3 is 0 Å². The van der Waals surface area contributed by atoms with Crippen molar-refractivity contribution in [1.29, 1.82) is 0 Å². The number of hydrogen-bond acceptors (Lipinski definition) is 2. The molecule has 2 atom stereocenters. The maximum atomic E-state index is 12.8. The highest BCUT2D eigenvalue weighted by Gasteiger charge is 2.31. The standard InChI is InChI=1S/C18H27NO/c1-3-10-16-13-8-9-14-19(16)17(4-2)18(20)15-11-6-5-7-12-15/h5-7,11-12,16-17H,3-4,8-10,13-14H2,1-2H3. The second-order valence-corrected chi connectivity index (χ2v) is 5.83. The Labute approximate surface area is 123 Å². The minimum atomic E-state index is 0.0641. The third kappa shape index (κ3) is 3.49. The lowest BCUT2D eigenvalue weighted by molar-refractivity contribution is 0.0598. The fourth-order valence-electron chi connectivity index (χ4n) is 3.44. The molecule has 1 aliphatic heterocycles. The topological polar surface area (TPSA) is 20.3 Å². The van der Waals surface area contributed by atoms with Gasteiger partial charge in [-0.1, -0.05) is 57.0 Å². The smallest absolute Gasteiger partial charge is 0.179 e. The van der Waals surface area contributed by atoms with Crippen LogP contribution in [0.5, 0.6) is 0 Å². The van der Waals surface area contributed by atoms with Gasteiger partial charge in [-0.05, 0) is 32.2 Å². The maximum Gasteiger partial charge on any atom is 0.179 e. The zero-order valence-corrected chi connectivity index (χ0v) is 12.8. The Morgan fingerprint density at radius 3 is 2.65 bits per heavy atom. The van der Waals surface area contributed by atoms with E-state index in [0.29, 0.717) is 11.8 Å². The van der Waals surface area contributed by atoms with E-state index in [1.165, 1.54) is 32.1 Å². The van der Waals surface area contributed by atoms with Crippen molar-refractivity contribution in [3.05, 3.63) is 35.9 Å². The van der Waals surface area contributed by atoms with Crippen molar-refractivity contribution in [3.63, 3.8) is 0 Å². The van der Waals surface area contributed by atoms with E-state index in [2.05, 4.69) is 18.7 Å². The van der Waals surface area contributed by atoms with Crippen molar-refractivity contribution in [2.24, 2.45) is 0 Å². The first-order valence-corrected chi connectivity index (χ1v) is 8.13. The molecule has 1 saturated heterocycles. The lowest BCUT2D eigenvalue weighted by Gasteiger charge is -2.40. The molecule has 0 bridgehead atoms. The van der Waals surface area contributed by atoms with Crippen LogP contribution in [-0.2, 0) is 0 Å². The van der Waals surface area contributed by atoms with Crippen LogP contribution < -0.4 is 0 Å². The Bertz CT molecular complexity index is 413. The van der Waals surface area contributed by atoms with Gasteiger partial charge in [0.2, 0.25) is 0 Å². The Morgan fingerprint density at radius 2 is 2.00 bits per heavy atom. The minimum Gasteiger partial charge on any atom is -0.292 e. The minimum absolute atomic E-state index is 0.0641. The SMILES string of the molecule is CCCC1CCCCN1C(CC)C(=O)c1ccccc1. The lowest BCUT2D eigenvalue weighted by Crippen LogP contribution is -2.49. The Kier molecular flexibility index (Phi) is 5.78. The first-order chi connectivity index (χ1) is 9.77. The fraction of sp³-hybridized carbons (Fsp3) is 0.611. The number of benzene rings is 1. The number of hydrogen-bond donors (Lipinski definition) is 0. The molecule has 1 aliphatic rings. The summed E-state index contributed by atoms with van der Waals surface area (Å²) in [7, 11) is 0. The summed E-state index contributed by atoms with van der Waals surface area (Å²) >= 11 is 0. The molecule has 0 amide bonds. The highest BCUT2D eigenvalue weighted by Crippen LogP contribution is 2.26. The van der Waals surface area contributed by atoms with Gasteiger partial charge in [0.25, 0.3) is 0 Å². The van der Waals surface area contributed by atoms with E-state index in [-0.39, 0.29) is 6.04 Å². The Hall–Kier alpha value is -1.15. The van der Waals surface area contributed by atoms with Gasteiger partial charge in [-0.2, -0.15) is 0 Å². The Balaban J connectivity index is 2.15. The van der Waals surface area contributed by atoms with Gasteiger partial charge in [-0.15, -0.1) is 0 Å². The van der Waals surface area contributed by atoms with E-state index in [9.17, 15) is 4.79 Å². The number of rotatable bonds is 6. The van der Waals surface area contributed by atoms with E-state index in [1.807, 2.05) is 30.3 Å². The third-order valence-electron chi connectivity index (χ3n) is 4.44. The molecule has 0 aliphatic carbocycles. The number of carbonyl (C=O) groups is 1. The summed E-state index contributed by atoms with van der Waals surface area (Å²) in [6.07, 6.45) is 7.14. The quantitative estimate of drug-likeness (QED) is 0.720. The average Bonchev–Trinajstić information content (AvgIpc) is 2.51. The van der Waals surface area contributed by atoms with Crippen LogP contribution in [-0.4, -0.2) is 29.3 Å². The maximum absolute atomic E-state index is 12.8. The molecule has 2 unspecified atom stereocenters. The van der Waals surface area contributed by atoms with Gasteiger partial charge in [0.15, 0.2) is 5.78 Å². The summed E-state index contributed by atoms with van der Waals surface area (Å²) in [4.78, 5) is 15.3. The molecule has 0 radical (unpaired) electrons. The predicted molar refractivity (Wildman–Crippen MR) is 84.1 cm³/mol. The molecular formula is C18H27NO. The van der Waals surface area contributed by atoms with Crippen LogP contribution in [0.25, 0.3) is 0 Å². The molecular weight excluding hydrogens is 246 g/mol. The van der Waals surface area contributed by atoms with Crippen LogP contribution in [0.4, 0.5) is 0 Å². The molecule has 2 nitrogen and oxygen atoms in total. The van der Waals surface area contributed by atoms with Crippen LogP contribution in [0, 0.1) is 0 Å². The van der Waals surface area contributed by atoms with Gasteiger partial charge in [0, 0.05) is 11.6 Å². The molecule has 0 N–H and O–H groups in total. The summed E-state index contributed by atoms with van der Waals surface area (Å²) < 4.78 is 0. The summed E-state index contributed by atoms with van der Waals surface area (Å²) in [5, 5.41) is 0. The second-order valence-electron chi connectivity index (χ2n) is 5.83. The van der Waals surface area contributed by atoms with Crippen molar-refractivity contribution in [2.45, 2.75) is 64.5 Å². The summed E-state index contributed by atoms with van der Waals surface area (Å²) in [5.41, 5.74) is 0.861. The zero-order valence-electron chi connectivity index (χ0n) is 12.8. The molecule has 0 saturated carbocycles. The first kappa shape index (κ1) is 15.2. The molecule has 0 spiro atoms. The number of likely N-dealkylation sites (tertiary alicyclic amines) is 1. The van der Waals surface area contributed by atoms with Crippen LogP contribution in [0.1, 0.15) is 62.7 Å². The average molecular weight is 273 g/mol. The monoisotopic (exact) mass is 273 g/mol. The zero-order chi connectivity index (χ0) is 14.4. The first-order valence-electron chi connectivity index (χ1n) is 8.13. The number of nitrogens with zero attached hydrogens (tertiary/aromatic N) is 1. The van der Waals surface area contributed by atoms with Crippen LogP contribution in [0.2, 0.25) is 0 Å². The second kappa shape index (κ2) is 7.58. The molecule has 1 fully saturated rings. The van der Waals surface area contributed by atoms with Gasteiger partial charge in [0.1, 0.15) is 0 Å². The van der Waals surface area contributed by atoms with Crippen molar-refractivity contribution in [3.8, 4) is 0 Å². The van der Waals surface area contributed by atoms with Crippen LogP contribution >= 0.6 is 0 Å². The van der Waals surface area contributed by atoms with E-state index >= 15 is 0 Å². The van der Waals surface area contributed by atoms with Gasteiger partial charge in [-0.3, -0.25) is 9.69 Å². The lowest BCUT2D eigenvalue weighted by atomic mass is 9.92. The molecule has 1 aromatic carbocycles. The van der Waals surface area contributed by atoms with Gasteiger partial charge in [-0.25, -0.2) is 0 Å². The Morgan fingerprint density at radius 1 is 1.25 bits per heavy atom. The fourth-order valence-corrected chi connectivity index (χ4v) is 3.44. The van der Waals surface area contributed by atoms with Crippen molar-refractivity contribution in [1.82, 2.24) is 4.90 Å². The van der Waals surface area contributed by atoms with E-state index in [1.54, 1.807) is 0 Å². The number of carbonyl (C=O) groups excluding carboxylic acids is 1. The molecule has 2 heteroatoms. The van der Waals surface area contributed by atoms with Gasteiger partial charge < -0.3 is 0 Å². The highest BCUT2D eigenvalue weighted by atomic mass is 16.1. The predicted octanol–water partition coefficient (Wildman–Crippen LogP) is 4.30. The highest BCUT2D eigenvalue weighted by molar-refractivity contribution is 6.00. The molecule has 0 aromatic heterocycles.